The number of nitrogens with zero attached hydrogens (tertiary/aromatic N) is 1. The van der Waals surface area contributed by atoms with Crippen LogP contribution in [0.1, 0.15) is 39.2 Å². The molecular formula is C14H21NO. The van der Waals surface area contributed by atoms with E-state index in [0.29, 0.717) is 18.4 Å². The van der Waals surface area contributed by atoms with Gasteiger partial charge in [0.2, 0.25) is 0 Å². The Morgan fingerprint density at radius 2 is 1.81 bits per heavy atom. The first-order valence-electron chi connectivity index (χ1n) is 5.79. The average Bonchev–Trinajstić information content (AvgIpc) is 2.28. The Morgan fingerprint density at radius 1 is 1.19 bits per heavy atom. The molecule has 0 aliphatic carbocycles. The van der Waals surface area contributed by atoms with Crippen molar-refractivity contribution in [3.8, 4) is 0 Å². The molecule has 1 aromatic rings. The fourth-order valence-corrected chi connectivity index (χ4v) is 1.51. The second kappa shape index (κ2) is 6.31. The molecule has 2 nitrogen and oxygen atoms in total. The van der Waals surface area contributed by atoms with Crippen LogP contribution in [-0.2, 0) is 4.84 Å². The molecule has 0 saturated carbocycles. The summed E-state index contributed by atoms with van der Waals surface area (Å²) in [6.07, 6.45) is 0. The van der Waals surface area contributed by atoms with E-state index in [1.807, 2.05) is 19.9 Å². The summed E-state index contributed by atoms with van der Waals surface area (Å²) in [5.74, 6) is 0.957. The smallest absolute Gasteiger partial charge is 0.120 e. The van der Waals surface area contributed by atoms with E-state index in [1.54, 1.807) is 0 Å². The molecule has 2 heteroatoms. The quantitative estimate of drug-likeness (QED) is 0.544. The average molecular weight is 219 g/mol. The van der Waals surface area contributed by atoms with E-state index in [-0.39, 0.29) is 0 Å². The topological polar surface area (TPSA) is 21.6 Å². The minimum Gasteiger partial charge on any atom is -0.396 e. The van der Waals surface area contributed by atoms with E-state index in [4.69, 9.17) is 4.84 Å². The molecule has 2 atom stereocenters. The summed E-state index contributed by atoms with van der Waals surface area (Å²) in [5.41, 5.74) is 2.32. The zero-order valence-electron chi connectivity index (χ0n) is 10.6. The molecule has 0 bridgehead atoms. The van der Waals surface area contributed by atoms with Crippen molar-refractivity contribution in [2.75, 3.05) is 6.61 Å². The highest BCUT2D eigenvalue weighted by molar-refractivity contribution is 5.78. The van der Waals surface area contributed by atoms with Gasteiger partial charge in [-0.2, -0.15) is 0 Å². The maximum absolute atomic E-state index is 5.29. The molecule has 0 unspecified atom stereocenters. The molecule has 0 fully saturated rings. The van der Waals surface area contributed by atoms with E-state index in [1.165, 1.54) is 5.56 Å². The highest BCUT2D eigenvalue weighted by Gasteiger charge is 2.14. The normalized spacial score (nSPS) is 14.0. The van der Waals surface area contributed by atoms with Crippen LogP contribution in [0.25, 0.3) is 0 Å². The van der Waals surface area contributed by atoms with Crippen LogP contribution in [0.2, 0.25) is 0 Å². The molecular weight excluding hydrogens is 198 g/mol. The van der Waals surface area contributed by atoms with Crippen molar-refractivity contribution < 1.29 is 4.84 Å². The molecule has 88 valence electrons. The fraction of sp³-hybridized carbons (Fsp3) is 0.500. The fourth-order valence-electron chi connectivity index (χ4n) is 1.51. The van der Waals surface area contributed by atoms with Crippen LogP contribution in [-0.4, -0.2) is 12.3 Å². The van der Waals surface area contributed by atoms with E-state index in [9.17, 15) is 0 Å². The number of hydrogen-bond donors (Lipinski definition) is 0. The van der Waals surface area contributed by atoms with Gasteiger partial charge in [-0.1, -0.05) is 49.3 Å². The molecule has 0 aliphatic heterocycles. The first-order valence-corrected chi connectivity index (χ1v) is 5.79. The maximum atomic E-state index is 5.29. The summed E-state index contributed by atoms with van der Waals surface area (Å²) in [5, 5.41) is 3.96. The lowest BCUT2D eigenvalue weighted by Crippen LogP contribution is -2.12. The summed E-state index contributed by atoms with van der Waals surface area (Å²) in [4.78, 5) is 5.29. The molecule has 0 heterocycles. The largest absolute Gasteiger partial charge is 0.396 e. The van der Waals surface area contributed by atoms with Crippen molar-refractivity contribution in [1.82, 2.24) is 0 Å². The zero-order chi connectivity index (χ0) is 12.0. The van der Waals surface area contributed by atoms with Gasteiger partial charge in [-0.3, -0.25) is 0 Å². The summed E-state index contributed by atoms with van der Waals surface area (Å²) in [6.45, 7) is 8.96. The van der Waals surface area contributed by atoms with Gasteiger partial charge < -0.3 is 4.84 Å². The molecule has 0 N–H and O–H groups in total. The standard InChI is InChI=1S/C14H21NO/c1-11(2)15-16-10-12(3)13(4)14-8-6-5-7-9-14/h5-9,12-13H,10H2,1-4H3/t12-,13-/m0/s1. The van der Waals surface area contributed by atoms with E-state index in [0.717, 1.165) is 5.71 Å². The van der Waals surface area contributed by atoms with Crippen LogP contribution < -0.4 is 0 Å². The molecule has 0 aliphatic rings. The lowest BCUT2D eigenvalue weighted by atomic mass is 9.90. The molecule has 1 aromatic carbocycles. The van der Waals surface area contributed by atoms with Gasteiger partial charge in [0.25, 0.3) is 0 Å². The van der Waals surface area contributed by atoms with Gasteiger partial charge in [-0.15, -0.1) is 0 Å². The Labute approximate surface area is 98.3 Å². The SMILES string of the molecule is CC(C)=NOC[C@H](C)[C@H](C)c1ccccc1. The molecule has 0 aromatic heterocycles. The monoisotopic (exact) mass is 219 g/mol. The third-order valence-corrected chi connectivity index (χ3v) is 2.76. The van der Waals surface area contributed by atoms with Gasteiger partial charge in [0.05, 0.1) is 5.71 Å². The zero-order valence-corrected chi connectivity index (χ0v) is 10.6. The third-order valence-electron chi connectivity index (χ3n) is 2.76. The van der Waals surface area contributed by atoms with Gasteiger partial charge in [0.1, 0.15) is 6.61 Å². The minimum atomic E-state index is 0.463. The van der Waals surface area contributed by atoms with Crippen LogP contribution in [0.3, 0.4) is 0 Å². The van der Waals surface area contributed by atoms with Crippen LogP contribution in [0, 0.1) is 5.92 Å². The number of benzene rings is 1. The summed E-state index contributed by atoms with van der Waals surface area (Å²) in [7, 11) is 0. The van der Waals surface area contributed by atoms with E-state index in [2.05, 4.69) is 43.3 Å². The number of oxime groups is 1. The lowest BCUT2D eigenvalue weighted by Gasteiger charge is -2.19. The predicted molar refractivity (Wildman–Crippen MR) is 68.8 cm³/mol. The molecule has 0 spiro atoms. The molecule has 1 rings (SSSR count). The lowest BCUT2D eigenvalue weighted by molar-refractivity contribution is 0.105. The highest BCUT2D eigenvalue weighted by atomic mass is 16.6. The summed E-state index contributed by atoms with van der Waals surface area (Å²) in [6, 6.07) is 10.5. The third kappa shape index (κ3) is 4.05. The molecule has 0 saturated heterocycles. The highest BCUT2D eigenvalue weighted by Crippen LogP contribution is 2.23. The second-order valence-electron chi connectivity index (χ2n) is 4.51. The second-order valence-corrected chi connectivity index (χ2v) is 4.51. The first-order chi connectivity index (χ1) is 7.61. The Kier molecular flexibility index (Phi) is 5.03. The first kappa shape index (κ1) is 12.8. The Morgan fingerprint density at radius 3 is 2.38 bits per heavy atom. The Bertz CT molecular complexity index is 328. The number of rotatable bonds is 5. The van der Waals surface area contributed by atoms with Crippen LogP contribution in [0.15, 0.2) is 35.5 Å². The minimum absolute atomic E-state index is 0.463. The van der Waals surface area contributed by atoms with Crippen LogP contribution >= 0.6 is 0 Å². The van der Waals surface area contributed by atoms with E-state index >= 15 is 0 Å². The maximum Gasteiger partial charge on any atom is 0.120 e. The van der Waals surface area contributed by atoms with Crippen molar-refractivity contribution in [2.45, 2.75) is 33.6 Å². The Balaban J connectivity index is 2.48. The van der Waals surface area contributed by atoms with Crippen LogP contribution in [0.5, 0.6) is 0 Å². The summed E-state index contributed by atoms with van der Waals surface area (Å²) < 4.78 is 0. The van der Waals surface area contributed by atoms with Crippen molar-refractivity contribution >= 4 is 5.71 Å². The van der Waals surface area contributed by atoms with Crippen molar-refractivity contribution in [1.29, 1.82) is 0 Å². The van der Waals surface area contributed by atoms with Crippen molar-refractivity contribution in [3.05, 3.63) is 35.9 Å². The van der Waals surface area contributed by atoms with Gasteiger partial charge >= 0.3 is 0 Å². The summed E-state index contributed by atoms with van der Waals surface area (Å²) >= 11 is 0. The van der Waals surface area contributed by atoms with Gasteiger partial charge in [0, 0.05) is 0 Å². The van der Waals surface area contributed by atoms with Crippen molar-refractivity contribution in [3.63, 3.8) is 0 Å². The van der Waals surface area contributed by atoms with E-state index < -0.39 is 0 Å². The van der Waals surface area contributed by atoms with Gasteiger partial charge in [0.15, 0.2) is 0 Å². The van der Waals surface area contributed by atoms with Gasteiger partial charge in [-0.25, -0.2) is 0 Å². The predicted octanol–water partition coefficient (Wildman–Crippen LogP) is 3.84. The molecule has 0 radical (unpaired) electrons. The van der Waals surface area contributed by atoms with Crippen LogP contribution in [0.4, 0.5) is 0 Å². The molecule has 16 heavy (non-hydrogen) atoms. The Hall–Kier alpha value is -1.31. The van der Waals surface area contributed by atoms with Gasteiger partial charge in [-0.05, 0) is 31.2 Å². The van der Waals surface area contributed by atoms with Crippen molar-refractivity contribution in [2.24, 2.45) is 11.1 Å². The number of hydrogen-bond acceptors (Lipinski definition) is 2. The molecule has 0 amide bonds.